The molecule has 0 aromatic heterocycles. The van der Waals surface area contributed by atoms with Crippen LogP contribution in [0.3, 0.4) is 0 Å². The second-order valence-electron chi connectivity index (χ2n) is 7.94. The van der Waals surface area contributed by atoms with Gasteiger partial charge >= 0.3 is 0 Å². The molecule has 1 atom stereocenters. The average Bonchev–Trinajstić information content (AvgIpc) is 3.33. The van der Waals surface area contributed by atoms with Crippen LogP contribution in [-0.4, -0.2) is 66.6 Å². The van der Waals surface area contributed by atoms with Crippen LogP contribution in [0.5, 0.6) is 0 Å². The van der Waals surface area contributed by atoms with Gasteiger partial charge in [-0.05, 0) is 42.7 Å². The zero-order valence-corrected chi connectivity index (χ0v) is 19.4. The Morgan fingerprint density at radius 2 is 1.66 bits per heavy atom. The van der Waals surface area contributed by atoms with Crippen molar-refractivity contribution in [2.45, 2.75) is 30.2 Å². The van der Waals surface area contributed by atoms with Gasteiger partial charge in [-0.2, -0.15) is 16.1 Å². The minimum absolute atomic E-state index is 0.120. The second kappa shape index (κ2) is 10.1. The Bertz CT molecular complexity index is 1050. The lowest BCUT2D eigenvalue weighted by Gasteiger charge is -2.26. The van der Waals surface area contributed by atoms with Crippen LogP contribution in [0.15, 0.2) is 59.5 Å². The van der Waals surface area contributed by atoms with Gasteiger partial charge in [0, 0.05) is 36.8 Å². The Morgan fingerprint density at radius 3 is 2.34 bits per heavy atom. The molecule has 9 heteroatoms. The van der Waals surface area contributed by atoms with Crippen molar-refractivity contribution in [1.29, 1.82) is 0 Å². The van der Waals surface area contributed by atoms with E-state index in [2.05, 4.69) is 5.32 Å². The molecule has 7 nitrogen and oxygen atoms in total. The first-order chi connectivity index (χ1) is 15.4. The number of hydrogen-bond donors (Lipinski definition) is 1. The van der Waals surface area contributed by atoms with Crippen LogP contribution in [0.4, 0.5) is 5.69 Å². The molecule has 0 spiro atoms. The van der Waals surface area contributed by atoms with Crippen molar-refractivity contribution in [3.05, 3.63) is 60.2 Å². The van der Waals surface area contributed by atoms with Gasteiger partial charge in [0.1, 0.15) is 6.04 Å². The molecule has 2 heterocycles. The molecule has 2 aliphatic heterocycles. The van der Waals surface area contributed by atoms with Crippen molar-refractivity contribution in [1.82, 2.24) is 9.21 Å². The van der Waals surface area contributed by atoms with Crippen molar-refractivity contribution in [3.63, 3.8) is 0 Å². The SMILES string of the molecule is O=C(Nc1ccc(CC(=O)N2CCSCC2)cc1)C1CCCN1S(=O)(=O)c1ccccc1. The monoisotopic (exact) mass is 473 g/mol. The average molecular weight is 474 g/mol. The van der Waals surface area contributed by atoms with E-state index in [1.54, 1.807) is 42.5 Å². The summed E-state index contributed by atoms with van der Waals surface area (Å²) in [5.41, 5.74) is 1.48. The number of rotatable bonds is 6. The van der Waals surface area contributed by atoms with Crippen LogP contribution in [-0.2, 0) is 26.0 Å². The number of amides is 2. The molecule has 1 N–H and O–H groups in total. The summed E-state index contributed by atoms with van der Waals surface area (Å²) in [4.78, 5) is 27.4. The Balaban J connectivity index is 1.38. The predicted molar refractivity (Wildman–Crippen MR) is 126 cm³/mol. The Hall–Kier alpha value is -2.36. The summed E-state index contributed by atoms with van der Waals surface area (Å²) in [6, 6.07) is 14.7. The Morgan fingerprint density at radius 1 is 0.969 bits per heavy atom. The van der Waals surface area contributed by atoms with E-state index < -0.39 is 16.1 Å². The Kier molecular flexibility index (Phi) is 7.17. The van der Waals surface area contributed by atoms with Crippen LogP contribution >= 0.6 is 11.8 Å². The van der Waals surface area contributed by atoms with E-state index in [1.165, 1.54) is 4.31 Å². The van der Waals surface area contributed by atoms with E-state index in [1.807, 2.05) is 28.8 Å². The summed E-state index contributed by atoms with van der Waals surface area (Å²) in [6.45, 7) is 1.91. The van der Waals surface area contributed by atoms with Gasteiger partial charge in [-0.25, -0.2) is 8.42 Å². The number of nitrogens with one attached hydrogen (secondary N) is 1. The minimum Gasteiger partial charge on any atom is -0.341 e. The quantitative estimate of drug-likeness (QED) is 0.697. The molecule has 2 amide bonds. The number of carbonyl (C=O) groups is 2. The van der Waals surface area contributed by atoms with Crippen LogP contribution in [0.2, 0.25) is 0 Å². The highest BCUT2D eigenvalue weighted by Gasteiger charge is 2.39. The zero-order valence-electron chi connectivity index (χ0n) is 17.8. The van der Waals surface area contributed by atoms with Crippen molar-refractivity contribution in [2.75, 3.05) is 36.5 Å². The van der Waals surface area contributed by atoms with Gasteiger partial charge in [-0.15, -0.1) is 0 Å². The minimum atomic E-state index is -3.73. The highest BCUT2D eigenvalue weighted by atomic mass is 32.2. The molecule has 1 unspecified atom stereocenters. The maximum atomic E-state index is 13.0. The van der Waals surface area contributed by atoms with Crippen molar-refractivity contribution in [2.24, 2.45) is 0 Å². The molecule has 0 bridgehead atoms. The third-order valence-electron chi connectivity index (χ3n) is 5.80. The van der Waals surface area contributed by atoms with Crippen LogP contribution in [0, 0.1) is 0 Å². The van der Waals surface area contributed by atoms with E-state index in [9.17, 15) is 18.0 Å². The number of nitrogens with zero attached hydrogens (tertiary/aromatic N) is 2. The maximum absolute atomic E-state index is 13.0. The third kappa shape index (κ3) is 5.16. The molecule has 0 saturated carbocycles. The highest BCUT2D eigenvalue weighted by Crippen LogP contribution is 2.27. The lowest BCUT2D eigenvalue weighted by molar-refractivity contribution is -0.130. The number of sulfonamides is 1. The first-order valence-electron chi connectivity index (χ1n) is 10.8. The van der Waals surface area contributed by atoms with Crippen molar-refractivity contribution in [3.8, 4) is 0 Å². The summed E-state index contributed by atoms with van der Waals surface area (Å²) in [7, 11) is -3.73. The highest BCUT2D eigenvalue weighted by molar-refractivity contribution is 7.99. The molecule has 2 aromatic carbocycles. The molecule has 170 valence electrons. The fourth-order valence-corrected chi connectivity index (χ4v) is 6.63. The number of anilines is 1. The second-order valence-corrected chi connectivity index (χ2v) is 11.1. The van der Waals surface area contributed by atoms with Gasteiger partial charge in [-0.3, -0.25) is 9.59 Å². The first-order valence-corrected chi connectivity index (χ1v) is 13.4. The molecule has 2 saturated heterocycles. The summed E-state index contributed by atoms with van der Waals surface area (Å²) < 4.78 is 27.3. The molecular weight excluding hydrogens is 446 g/mol. The first kappa shape index (κ1) is 22.8. The number of carbonyl (C=O) groups excluding carboxylic acids is 2. The summed E-state index contributed by atoms with van der Waals surface area (Å²) in [6.07, 6.45) is 1.46. The summed E-state index contributed by atoms with van der Waals surface area (Å²) in [5, 5.41) is 2.84. The maximum Gasteiger partial charge on any atom is 0.243 e. The summed E-state index contributed by atoms with van der Waals surface area (Å²) >= 11 is 1.87. The van der Waals surface area contributed by atoms with Crippen LogP contribution in [0.25, 0.3) is 0 Å². The van der Waals surface area contributed by atoms with Crippen LogP contribution < -0.4 is 5.32 Å². The molecule has 2 aromatic rings. The molecule has 0 radical (unpaired) electrons. The van der Waals surface area contributed by atoms with E-state index in [0.717, 1.165) is 30.2 Å². The van der Waals surface area contributed by atoms with Gasteiger partial charge < -0.3 is 10.2 Å². The van der Waals surface area contributed by atoms with E-state index in [0.29, 0.717) is 31.5 Å². The van der Waals surface area contributed by atoms with Crippen molar-refractivity contribution < 1.29 is 18.0 Å². The standard InChI is InChI=1S/C23H27N3O4S2/c27-22(25-13-15-31-16-14-25)17-18-8-10-19(11-9-18)24-23(28)21-7-4-12-26(21)32(29,30)20-5-2-1-3-6-20/h1-3,5-6,8-11,21H,4,7,12-17H2,(H,24,28). The fourth-order valence-electron chi connectivity index (χ4n) is 4.05. The third-order valence-corrected chi connectivity index (χ3v) is 8.66. The van der Waals surface area contributed by atoms with E-state index in [-0.39, 0.29) is 16.7 Å². The molecule has 0 aliphatic carbocycles. The van der Waals surface area contributed by atoms with Gasteiger partial charge in [-0.1, -0.05) is 30.3 Å². The Labute approximate surface area is 193 Å². The van der Waals surface area contributed by atoms with Gasteiger partial charge in [0.2, 0.25) is 21.8 Å². The lowest BCUT2D eigenvalue weighted by atomic mass is 10.1. The molecule has 2 fully saturated rings. The van der Waals surface area contributed by atoms with E-state index in [4.69, 9.17) is 0 Å². The number of benzene rings is 2. The van der Waals surface area contributed by atoms with Crippen LogP contribution in [0.1, 0.15) is 18.4 Å². The zero-order chi connectivity index (χ0) is 22.6. The molecule has 4 rings (SSSR count). The topological polar surface area (TPSA) is 86.8 Å². The van der Waals surface area contributed by atoms with Gasteiger partial charge in [0.05, 0.1) is 11.3 Å². The molecule has 2 aliphatic rings. The predicted octanol–water partition coefficient (Wildman–Crippen LogP) is 2.60. The smallest absolute Gasteiger partial charge is 0.243 e. The van der Waals surface area contributed by atoms with E-state index >= 15 is 0 Å². The van der Waals surface area contributed by atoms with Gasteiger partial charge in [0.15, 0.2) is 0 Å². The molecular formula is C23H27N3O4S2. The largest absolute Gasteiger partial charge is 0.341 e. The summed E-state index contributed by atoms with van der Waals surface area (Å²) in [5.74, 6) is 1.75. The molecule has 32 heavy (non-hydrogen) atoms. The number of thioether (sulfide) groups is 1. The number of hydrogen-bond acceptors (Lipinski definition) is 5. The lowest BCUT2D eigenvalue weighted by Crippen LogP contribution is -2.43. The normalized spacial score (nSPS) is 19.6. The van der Waals surface area contributed by atoms with Crippen molar-refractivity contribution >= 4 is 39.3 Å². The fraction of sp³-hybridized carbons (Fsp3) is 0.391. The van der Waals surface area contributed by atoms with Gasteiger partial charge in [0.25, 0.3) is 0 Å².